The van der Waals surface area contributed by atoms with Gasteiger partial charge in [-0.15, -0.1) is 0 Å². The minimum absolute atomic E-state index is 0.117. The van der Waals surface area contributed by atoms with Gasteiger partial charge in [0.05, 0.1) is 6.54 Å². The maximum absolute atomic E-state index is 12.1. The lowest BCUT2D eigenvalue weighted by Crippen LogP contribution is -2.50. The minimum Gasteiger partial charge on any atom is -0.444 e. The number of nitrogens with zero attached hydrogens (tertiary/aromatic N) is 3. The van der Waals surface area contributed by atoms with Crippen LogP contribution in [0.5, 0.6) is 0 Å². The first-order valence-electron chi connectivity index (χ1n) is 5.83. The molecule has 2 rings (SSSR count). The van der Waals surface area contributed by atoms with Crippen molar-refractivity contribution in [1.82, 2.24) is 9.80 Å². The summed E-state index contributed by atoms with van der Waals surface area (Å²) in [7, 11) is 0. The Kier molecular flexibility index (Phi) is 4.43. The summed E-state index contributed by atoms with van der Waals surface area (Å²) in [5.41, 5.74) is 5.45. The monoisotopic (exact) mass is 330 g/mol. The van der Waals surface area contributed by atoms with Gasteiger partial charge in [0, 0.05) is 26.2 Å². The van der Waals surface area contributed by atoms with Crippen LogP contribution >= 0.6 is 15.9 Å². The number of carbonyl (C=O) groups excluding carboxylic acids is 1. The average molecular weight is 331 g/mol. The number of carbonyl (C=O) groups is 1. The molecule has 0 saturated carbocycles. The normalized spacial score (nSPS) is 17.7. The maximum Gasteiger partial charge on any atom is 0.289 e. The second-order valence-corrected chi connectivity index (χ2v) is 5.05. The van der Waals surface area contributed by atoms with E-state index in [-0.39, 0.29) is 11.7 Å². The summed E-state index contributed by atoms with van der Waals surface area (Å²) in [6, 6.07) is 3.34. The summed E-state index contributed by atoms with van der Waals surface area (Å²) in [4.78, 5) is 15.9. The lowest BCUT2D eigenvalue weighted by atomic mass is 10.3. The summed E-state index contributed by atoms with van der Waals surface area (Å²) < 4.78 is 5.79. The molecule has 0 radical (unpaired) electrons. The molecule has 19 heavy (non-hydrogen) atoms. The lowest BCUT2D eigenvalue weighted by molar-refractivity contribution is 0.0620. The van der Waals surface area contributed by atoms with Gasteiger partial charge in [-0.3, -0.25) is 9.69 Å². The van der Waals surface area contributed by atoms with Gasteiger partial charge in [-0.1, -0.05) is 5.16 Å². The molecule has 104 valence electrons. The van der Waals surface area contributed by atoms with E-state index < -0.39 is 0 Å². The number of piperazine rings is 1. The Hall–Kier alpha value is -1.54. The summed E-state index contributed by atoms with van der Waals surface area (Å²) in [5.74, 6) is 0.389. The highest BCUT2D eigenvalue weighted by molar-refractivity contribution is 9.10. The number of hydrogen-bond acceptors (Lipinski definition) is 5. The molecule has 0 unspecified atom stereocenters. The Morgan fingerprint density at radius 2 is 2.11 bits per heavy atom. The largest absolute Gasteiger partial charge is 0.444 e. The van der Waals surface area contributed by atoms with Crippen LogP contribution in [0.4, 0.5) is 0 Å². The predicted molar refractivity (Wildman–Crippen MR) is 72.2 cm³/mol. The third-order valence-corrected chi connectivity index (χ3v) is 3.38. The van der Waals surface area contributed by atoms with Gasteiger partial charge in [-0.25, -0.2) is 0 Å². The maximum atomic E-state index is 12.1. The molecule has 0 aliphatic carbocycles. The van der Waals surface area contributed by atoms with Crippen molar-refractivity contribution < 1.29 is 14.4 Å². The van der Waals surface area contributed by atoms with Crippen LogP contribution in [0.1, 0.15) is 10.6 Å². The van der Waals surface area contributed by atoms with Crippen LogP contribution in [0.2, 0.25) is 0 Å². The molecular formula is C11H15BrN4O3. The van der Waals surface area contributed by atoms with E-state index in [1.807, 2.05) is 4.90 Å². The number of nitrogens with two attached hydrogens (primary N) is 1. The van der Waals surface area contributed by atoms with Crippen molar-refractivity contribution in [2.75, 3.05) is 32.7 Å². The van der Waals surface area contributed by atoms with Crippen molar-refractivity contribution in [3.8, 4) is 0 Å². The van der Waals surface area contributed by atoms with Crippen LogP contribution in [0.25, 0.3) is 0 Å². The Bertz CT molecular complexity index is 480. The highest BCUT2D eigenvalue weighted by atomic mass is 79.9. The quantitative estimate of drug-likeness (QED) is 0.365. The van der Waals surface area contributed by atoms with Crippen molar-refractivity contribution in [1.29, 1.82) is 0 Å². The molecule has 1 aliphatic heterocycles. The highest BCUT2D eigenvalue weighted by Gasteiger charge is 2.24. The van der Waals surface area contributed by atoms with Crippen LogP contribution in [0, 0.1) is 0 Å². The van der Waals surface area contributed by atoms with E-state index in [1.165, 1.54) is 0 Å². The Morgan fingerprint density at radius 3 is 2.63 bits per heavy atom. The second kappa shape index (κ2) is 6.07. The fourth-order valence-corrected chi connectivity index (χ4v) is 2.26. The third-order valence-electron chi connectivity index (χ3n) is 2.96. The van der Waals surface area contributed by atoms with Gasteiger partial charge in [0.25, 0.3) is 5.91 Å². The molecular weight excluding hydrogens is 316 g/mol. The number of rotatable bonds is 3. The average Bonchev–Trinajstić information content (AvgIpc) is 2.85. The van der Waals surface area contributed by atoms with Crippen LogP contribution in [-0.2, 0) is 0 Å². The molecule has 1 aliphatic rings. The van der Waals surface area contributed by atoms with Gasteiger partial charge in [0.1, 0.15) is 0 Å². The fourth-order valence-electron chi connectivity index (χ4n) is 1.95. The van der Waals surface area contributed by atoms with Gasteiger partial charge in [0.2, 0.25) is 0 Å². The Morgan fingerprint density at radius 1 is 1.42 bits per heavy atom. The predicted octanol–water partition coefficient (Wildman–Crippen LogP) is 0.546. The molecule has 3 N–H and O–H groups in total. The van der Waals surface area contributed by atoms with Gasteiger partial charge < -0.3 is 20.3 Å². The molecule has 1 amide bonds. The van der Waals surface area contributed by atoms with Gasteiger partial charge in [0.15, 0.2) is 16.3 Å². The van der Waals surface area contributed by atoms with Crippen molar-refractivity contribution in [3.05, 3.63) is 22.6 Å². The van der Waals surface area contributed by atoms with E-state index in [9.17, 15) is 4.79 Å². The minimum atomic E-state index is -0.117. The molecule has 0 spiro atoms. The zero-order valence-corrected chi connectivity index (χ0v) is 11.8. The van der Waals surface area contributed by atoms with Gasteiger partial charge in [-0.2, -0.15) is 0 Å². The number of hydrogen-bond donors (Lipinski definition) is 2. The number of furan rings is 1. The third kappa shape index (κ3) is 3.48. The Balaban J connectivity index is 1.88. The molecule has 0 bridgehead atoms. The number of amidine groups is 1. The van der Waals surface area contributed by atoms with Gasteiger partial charge in [-0.05, 0) is 28.1 Å². The van der Waals surface area contributed by atoms with Crippen molar-refractivity contribution in [2.45, 2.75) is 0 Å². The fraction of sp³-hybridized carbons (Fsp3) is 0.455. The van der Waals surface area contributed by atoms with E-state index in [1.54, 1.807) is 17.0 Å². The van der Waals surface area contributed by atoms with E-state index in [2.05, 4.69) is 21.1 Å². The molecule has 7 nitrogen and oxygen atoms in total. The molecule has 0 aromatic carbocycles. The van der Waals surface area contributed by atoms with Crippen LogP contribution in [0.15, 0.2) is 26.4 Å². The second-order valence-electron chi connectivity index (χ2n) is 4.26. The molecule has 2 heterocycles. The van der Waals surface area contributed by atoms with E-state index in [4.69, 9.17) is 15.4 Å². The molecule has 1 saturated heterocycles. The zero-order chi connectivity index (χ0) is 13.8. The smallest absolute Gasteiger partial charge is 0.289 e. The van der Waals surface area contributed by atoms with Crippen molar-refractivity contribution >= 4 is 27.7 Å². The highest BCUT2D eigenvalue weighted by Crippen LogP contribution is 2.16. The van der Waals surface area contributed by atoms with Crippen LogP contribution in [-0.4, -0.2) is 59.5 Å². The van der Waals surface area contributed by atoms with Crippen molar-refractivity contribution in [3.63, 3.8) is 0 Å². The number of amides is 1. The summed E-state index contributed by atoms with van der Waals surface area (Å²) in [5, 5.41) is 11.5. The first-order valence-corrected chi connectivity index (χ1v) is 6.63. The van der Waals surface area contributed by atoms with E-state index in [0.29, 0.717) is 43.2 Å². The molecule has 1 fully saturated rings. The van der Waals surface area contributed by atoms with Crippen LogP contribution in [0.3, 0.4) is 0 Å². The number of oxime groups is 1. The molecule has 1 aromatic heterocycles. The van der Waals surface area contributed by atoms with Crippen molar-refractivity contribution in [2.24, 2.45) is 10.9 Å². The summed E-state index contributed by atoms with van der Waals surface area (Å²) >= 11 is 3.17. The van der Waals surface area contributed by atoms with E-state index >= 15 is 0 Å². The SMILES string of the molecule is NC(CN1CCN(C(=O)c2ccc(Br)o2)CC1)=NO. The molecule has 1 aromatic rings. The molecule has 8 heteroatoms. The molecule has 0 atom stereocenters. The first kappa shape index (κ1) is 13.9. The number of halogens is 1. The summed E-state index contributed by atoms with van der Waals surface area (Å²) in [6.45, 7) is 2.96. The zero-order valence-electron chi connectivity index (χ0n) is 10.3. The summed E-state index contributed by atoms with van der Waals surface area (Å²) in [6.07, 6.45) is 0. The first-order chi connectivity index (χ1) is 9.10. The topological polar surface area (TPSA) is 95.3 Å². The Labute approximate surface area is 118 Å². The van der Waals surface area contributed by atoms with Crippen LogP contribution < -0.4 is 5.73 Å². The lowest BCUT2D eigenvalue weighted by Gasteiger charge is -2.33. The van der Waals surface area contributed by atoms with E-state index in [0.717, 1.165) is 0 Å². The standard InChI is InChI=1S/C11H15BrN4O3/c12-9-2-1-8(19-9)11(17)16-5-3-15(4-6-16)7-10(13)14-18/h1-2,18H,3-7H2,(H2,13,14). The van der Waals surface area contributed by atoms with Gasteiger partial charge >= 0.3 is 0 Å².